The summed E-state index contributed by atoms with van der Waals surface area (Å²) < 4.78 is 4.63. The molecule has 1 aliphatic rings. The van der Waals surface area contributed by atoms with Gasteiger partial charge in [0, 0.05) is 33.7 Å². The van der Waals surface area contributed by atoms with Crippen LogP contribution in [0.5, 0.6) is 0 Å². The van der Waals surface area contributed by atoms with Crippen LogP contribution in [0.25, 0.3) is 11.2 Å². The molecule has 0 unspecified atom stereocenters. The Balaban J connectivity index is 1.77. The number of benzene rings is 1. The highest BCUT2D eigenvalue weighted by Crippen LogP contribution is 2.21. The highest BCUT2D eigenvalue weighted by molar-refractivity contribution is 5.71. The fourth-order valence-electron chi connectivity index (χ4n) is 3.97. The summed E-state index contributed by atoms with van der Waals surface area (Å²) in [7, 11) is 3.20. The molecule has 1 aliphatic heterocycles. The Hall–Kier alpha value is -2.67. The summed E-state index contributed by atoms with van der Waals surface area (Å²) in [6.45, 7) is 5.30. The molecule has 0 saturated heterocycles. The zero-order valence-electron chi connectivity index (χ0n) is 16.1. The molecule has 4 rings (SSSR count). The number of aromatic nitrogens is 4. The van der Waals surface area contributed by atoms with Gasteiger partial charge < -0.3 is 4.57 Å². The number of hydrogen-bond acceptors (Lipinski definition) is 4. The second-order valence-electron chi connectivity index (χ2n) is 7.29. The number of nitrogens with zero attached hydrogens (tertiary/aromatic N) is 5. The van der Waals surface area contributed by atoms with E-state index in [1.807, 2.05) is 4.57 Å². The highest BCUT2D eigenvalue weighted by atomic mass is 16.2. The number of aryl methyl sites for hydroxylation is 2. The summed E-state index contributed by atoms with van der Waals surface area (Å²) in [5, 5.41) is 0. The zero-order valence-corrected chi connectivity index (χ0v) is 16.1. The van der Waals surface area contributed by atoms with Crippen LogP contribution in [0.3, 0.4) is 0 Å². The predicted octanol–water partition coefficient (Wildman–Crippen LogP) is 1.40. The summed E-state index contributed by atoms with van der Waals surface area (Å²) in [4.78, 5) is 32.1. The number of imidazole rings is 1. The quantitative estimate of drug-likeness (QED) is 0.699. The minimum absolute atomic E-state index is 0.274. The van der Waals surface area contributed by atoms with E-state index in [2.05, 4.69) is 36.1 Å². The van der Waals surface area contributed by atoms with Crippen molar-refractivity contribution in [3.8, 4) is 0 Å². The molecule has 3 heterocycles. The minimum atomic E-state index is -0.341. The molecular weight excluding hydrogens is 342 g/mol. The van der Waals surface area contributed by atoms with E-state index < -0.39 is 0 Å². The van der Waals surface area contributed by atoms with Crippen molar-refractivity contribution in [3.05, 3.63) is 62.1 Å². The molecule has 7 heteroatoms. The van der Waals surface area contributed by atoms with Gasteiger partial charge in [-0.25, -0.2) is 9.78 Å². The molecule has 3 aromatic rings. The summed E-state index contributed by atoms with van der Waals surface area (Å²) in [5.41, 5.74) is 3.14. The van der Waals surface area contributed by atoms with Gasteiger partial charge in [0.1, 0.15) is 5.82 Å². The second kappa shape index (κ2) is 6.81. The Kier molecular flexibility index (Phi) is 4.47. The molecule has 27 heavy (non-hydrogen) atoms. The van der Waals surface area contributed by atoms with Crippen molar-refractivity contribution in [2.75, 3.05) is 6.54 Å². The predicted molar refractivity (Wildman–Crippen MR) is 105 cm³/mol. The number of rotatable bonds is 4. The van der Waals surface area contributed by atoms with Gasteiger partial charge in [-0.05, 0) is 24.0 Å². The number of hydrogen-bond donors (Lipinski definition) is 0. The van der Waals surface area contributed by atoms with Crippen LogP contribution in [-0.2, 0) is 40.2 Å². The SMILES string of the molecule is CCCn1c(CN2CCc3ccccc3C2)nc2c1c(=O)n(C)c(=O)n2C. The summed E-state index contributed by atoms with van der Waals surface area (Å²) in [6.07, 6.45) is 1.91. The maximum Gasteiger partial charge on any atom is 0.332 e. The Morgan fingerprint density at radius 2 is 1.81 bits per heavy atom. The van der Waals surface area contributed by atoms with Crippen molar-refractivity contribution in [2.24, 2.45) is 14.1 Å². The van der Waals surface area contributed by atoms with Crippen LogP contribution in [0.1, 0.15) is 30.3 Å². The molecular formula is C20H25N5O2. The van der Waals surface area contributed by atoms with E-state index in [1.54, 1.807) is 7.05 Å². The lowest BCUT2D eigenvalue weighted by Crippen LogP contribution is -2.37. The first-order chi connectivity index (χ1) is 13.0. The molecule has 2 aromatic heterocycles. The second-order valence-corrected chi connectivity index (χ2v) is 7.29. The lowest BCUT2D eigenvalue weighted by molar-refractivity contribution is 0.236. The molecule has 0 fully saturated rings. The highest BCUT2D eigenvalue weighted by Gasteiger charge is 2.22. The Morgan fingerprint density at radius 3 is 2.56 bits per heavy atom. The first-order valence-corrected chi connectivity index (χ1v) is 9.45. The van der Waals surface area contributed by atoms with E-state index in [4.69, 9.17) is 4.98 Å². The van der Waals surface area contributed by atoms with Gasteiger partial charge in [-0.15, -0.1) is 0 Å². The monoisotopic (exact) mass is 367 g/mol. The van der Waals surface area contributed by atoms with Gasteiger partial charge in [-0.2, -0.15) is 0 Å². The molecule has 0 N–H and O–H groups in total. The first-order valence-electron chi connectivity index (χ1n) is 9.45. The average Bonchev–Trinajstić information content (AvgIpc) is 3.03. The van der Waals surface area contributed by atoms with Gasteiger partial charge in [0.05, 0.1) is 6.54 Å². The molecule has 1 aromatic carbocycles. The molecule has 0 radical (unpaired) electrons. The third-order valence-electron chi connectivity index (χ3n) is 5.45. The Morgan fingerprint density at radius 1 is 1.07 bits per heavy atom. The van der Waals surface area contributed by atoms with E-state index in [-0.39, 0.29) is 11.2 Å². The van der Waals surface area contributed by atoms with Crippen molar-refractivity contribution >= 4 is 11.2 Å². The van der Waals surface area contributed by atoms with E-state index >= 15 is 0 Å². The normalized spacial score (nSPS) is 14.6. The van der Waals surface area contributed by atoms with Gasteiger partial charge in [0.15, 0.2) is 11.2 Å². The topological polar surface area (TPSA) is 65.1 Å². The van der Waals surface area contributed by atoms with Crippen LogP contribution < -0.4 is 11.2 Å². The van der Waals surface area contributed by atoms with E-state index in [9.17, 15) is 9.59 Å². The van der Waals surface area contributed by atoms with E-state index in [1.165, 1.54) is 22.7 Å². The van der Waals surface area contributed by atoms with Crippen LogP contribution in [-0.4, -0.2) is 30.1 Å². The third-order valence-corrected chi connectivity index (χ3v) is 5.45. The van der Waals surface area contributed by atoms with Crippen molar-refractivity contribution < 1.29 is 0 Å². The average molecular weight is 367 g/mol. The molecule has 0 amide bonds. The summed E-state index contributed by atoms with van der Waals surface area (Å²) >= 11 is 0. The fraction of sp³-hybridized carbons (Fsp3) is 0.450. The maximum atomic E-state index is 12.7. The molecule has 0 spiro atoms. The summed E-state index contributed by atoms with van der Waals surface area (Å²) in [5.74, 6) is 0.851. The van der Waals surface area contributed by atoms with Gasteiger partial charge >= 0.3 is 5.69 Å². The van der Waals surface area contributed by atoms with Crippen LogP contribution in [0, 0.1) is 0 Å². The maximum absolute atomic E-state index is 12.7. The van der Waals surface area contributed by atoms with Crippen molar-refractivity contribution in [1.29, 1.82) is 0 Å². The van der Waals surface area contributed by atoms with Gasteiger partial charge in [0.25, 0.3) is 5.56 Å². The Bertz CT molecular complexity index is 1120. The fourth-order valence-corrected chi connectivity index (χ4v) is 3.97. The number of fused-ring (bicyclic) bond motifs is 2. The van der Waals surface area contributed by atoms with Gasteiger partial charge in [-0.1, -0.05) is 31.2 Å². The van der Waals surface area contributed by atoms with Crippen LogP contribution in [0.15, 0.2) is 33.9 Å². The van der Waals surface area contributed by atoms with Crippen LogP contribution >= 0.6 is 0 Å². The van der Waals surface area contributed by atoms with Crippen molar-refractivity contribution in [3.63, 3.8) is 0 Å². The van der Waals surface area contributed by atoms with Gasteiger partial charge in [0.2, 0.25) is 0 Å². The zero-order chi connectivity index (χ0) is 19.1. The minimum Gasteiger partial charge on any atom is -0.321 e. The molecule has 142 valence electrons. The van der Waals surface area contributed by atoms with Gasteiger partial charge in [-0.3, -0.25) is 18.8 Å². The van der Waals surface area contributed by atoms with E-state index in [0.717, 1.165) is 36.3 Å². The van der Waals surface area contributed by atoms with Crippen LogP contribution in [0.4, 0.5) is 0 Å². The first kappa shape index (κ1) is 17.7. The van der Waals surface area contributed by atoms with E-state index in [0.29, 0.717) is 24.3 Å². The molecule has 0 aliphatic carbocycles. The molecule has 0 atom stereocenters. The standard InChI is InChI=1S/C20H25N5O2/c1-4-10-25-16(13-24-11-9-14-7-5-6-8-15(14)12-24)21-18-17(25)19(26)23(3)20(27)22(18)2/h5-8H,4,9-13H2,1-3H3. The molecule has 0 saturated carbocycles. The molecule has 0 bridgehead atoms. The smallest absolute Gasteiger partial charge is 0.321 e. The van der Waals surface area contributed by atoms with Crippen LogP contribution in [0.2, 0.25) is 0 Å². The van der Waals surface area contributed by atoms with Crippen molar-refractivity contribution in [1.82, 2.24) is 23.6 Å². The Labute approximate surface area is 157 Å². The van der Waals surface area contributed by atoms with Crippen molar-refractivity contribution in [2.45, 2.75) is 39.4 Å². The third kappa shape index (κ3) is 2.92. The molecule has 7 nitrogen and oxygen atoms in total. The lowest BCUT2D eigenvalue weighted by atomic mass is 10.00. The summed E-state index contributed by atoms with van der Waals surface area (Å²) in [6, 6.07) is 8.54. The lowest BCUT2D eigenvalue weighted by Gasteiger charge is -2.28. The largest absolute Gasteiger partial charge is 0.332 e.